The first-order valence-corrected chi connectivity index (χ1v) is 6.38. The van der Waals surface area contributed by atoms with E-state index < -0.39 is 11.7 Å². The summed E-state index contributed by atoms with van der Waals surface area (Å²) in [6.45, 7) is 0.633. The molecule has 2 aromatic rings. The van der Waals surface area contributed by atoms with Crippen molar-refractivity contribution in [3.63, 3.8) is 0 Å². The number of carbonyl (C=O) groups is 1. The molecule has 1 amide bonds. The molecule has 0 atom stereocenters. The van der Waals surface area contributed by atoms with Gasteiger partial charge in [-0.05, 0) is 24.6 Å². The van der Waals surface area contributed by atoms with E-state index in [2.05, 4.69) is 15.5 Å². The number of amides is 1. The van der Waals surface area contributed by atoms with Gasteiger partial charge in [-0.25, -0.2) is 9.49 Å². The SMILES string of the molecule is O=C(NCCCOc1ccccc1F)c1ccc(=O)[nH]n1. The third kappa shape index (κ3) is 4.41. The van der Waals surface area contributed by atoms with E-state index in [1.807, 2.05) is 0 Å². The summed E-state index contributed by atoms with van der Waals surface area (Å²) in [6.07, 6.45) is 0.517. The second-order valence-corrected chi connectivity index (χ2v) is 4.19. The van der Waals surface area contributed by atoms with Gasteiger partial charge in [0.15, 0.2) is 11.6 Å². The van der Waals surface area contributed by atoms with Crippen molar-refractivity contribution < 1.29 is 13.9 Å². The van der Waals surface area contributed by atoms with E-state index in [-0.39, 0.29) is 23.6 Å². The molecule has 0 aliphatic carbocycles. The molecular weight excluding hydrogens is 277 g/mol. The number of aromatic amines is 1. The van der Waals surface area contributed by atoms with Crippen molar-refractivity contribution in [2.45, 2.75) is 6.42 Å². The topological polar surface area (TPSA) is 84.1 Å². The predicted octanol–water partition coefficient (Wildman–Crippen LogP) is 1.11. The number of carbonyl (C=O) groups excluding carboxylic acids is 1. The largest absolute Gasteiger partial charge is 0.490 e. The molecule has 0 aliphatic rings. The van der Waals surface area contributed by atoms with Gasteiger partial charge >= 0.3 is 0 Å². The van der Waals surface area contributed by atoms with Crippen LogP contribution < -0.4 is 15.6 Å². The maximum absolute atomic E-state index is 13.2. The number of halogens is 1. The van der Waals surface area contributed by atoms with E-state index >= 15 is 0 Å². The smallest absolute Gasteiger partial charge is 0.271 e. The molecule has 2 N–H and O–H groups in total. The van der Waals surface area contributed by atoms with Gasteiger partial charge in [0.1, 0.15) is 5.69 Å². The van der Waals surface area contributed by atoms with Crippen molar-refractivity contribution in [1.29, 1.82) is 0 Å². The van der Waals surface area contributed by atoms with Crippen molar-refractivity contribution in [3.8, 4) is 5.75 Å². The van der Waals surface area contributed by atoms with Gasteiger partial charge < -0.3 is 10.1 Å². The number of hydrogen-bond acceptors (Lipinski definition) is 4. The minimum Gasteiger partial charge on any atom is -0.490 e. The normalized spacial score (nSPS) is 10.1. The Morgan fingerprint density at radius 2 is 2.10 bits per heavy atom. The van der Waals surface area contributed by atoms with Crippen LogP contribution in [0.15, 0.2) is 41.2 Å². The average molecular weight is 291 g/mol. The lowest BCUT2D eigenvalue weighted by Crippen LogP contribution is -2.27. The molecule has 110 valence electrons. The van der Waals surface area contributed by atoms with Crippen LogP contribution >= 0.6 is 0 Å². The minimum atomic E-state index is -0.418. The lowest BCUT2D eigenvalue weighted by Gasteiger charge is -2.07. The van der Waals surface area contributed by atoms with Crippen molar-refractivity contribution in [3.05, 3.63) is 58.3 Å². The van der Waals surface area contributed by atoms with Gasteiger partial charge in [0, 0.05) is 12.6 Å². The van der Waals surface area contributed by atoms with Crippen LogP contribution in [0.4, 0.5) is 4.39 Å². The zero-order chi connectivity index (χ0) is 15.1. The first-order valence-electron chi connectivity index (χ1n) is 6.38. The fourth-order valence-corrected chi connectivity index (χ4v) is 1.58. The third-order valence-corrected chi connectivity index (χ3v) is 2.61. The molecule has 0 radical (unpaired) electrons. The quantitative estimate of drug-likeness (QED) is 0.781. The zero-order valence-electron chi connectivity index (χ0n) is 11.1. The van der Waals surface area contributed by atoms with Gasteiger partial charge in [-0.2, -0.15) is 5.10 Å². The van der Waals surface area contributed by atoms with E-state index in [1.54, 1.807) is 12.1 Å². The van der Waals surface area contributed by atoms with Crippen LogP contribution in [0.1, 0.15) is 16.9 Å². The standard InChI is InChI=1S/C14H14FN3O3/c15-10-4-1-2-5-12(10)21-9-3-8-16-14(20)11-6-7-13(19)18-17-11/h1-2,4-7H,3,8-9H2,(H,16,20)(H,18,19). The molecule has 0 saturated carbocycles. The highest BCUT2D eigenvalue weighted by atomic mass is 19.1. The summed E-state index contributed by atoms with van der Waals surface area (Å²) in [5.74, 6) is -0.623. The minimum absolute atomic E-state index is 0.129. The van der Waals surface area contributed by atoms with Gasteiger partial charge in [-0.3, -0.25) is 9.59 Å². The molecular formula is C14H14FN3O3. The molecule has 0 bridgehead atoms. The van der Waals surface area contributed by atoms with Gasteiger partial charge in [0.2, 0.25) is 0 Å². The molecule has 0 fully saturated rings. The van der Waals surface area contributed by atoms with Crippen LogP contribution in [0.25, 0.3) is 0 Å². The first-order chi connectivity index (χ1) is 10.2. The Morgan fingerprint density at radius 3 is 2.81 bits per heavy atom. The summed E-state index contributed by atoms with van der Waals surface area (Å²) >= 11 is 0. The molecule has 2 rings (SSSR count). The number of nitrogens with one attached hydrogen (secondary N) is 2. The fraction of sp³-hybridized carbons (Fsp3) is 0.214. The Morgan fingerprint density at radius 1 is 1.29 bits per heavy atom. The van der Waals surface area contributed by atoms with E-state index in [9.17, 15) is 14.0 Å². The van der Waals surface area contributed by atoms with Crippen LogP contribution in [-0.4, -0.2) is 29.3 Å². The molecule has 1 aromatic carbocycles. The van der Waals surface area contributed by atoms with Crippen LogP contribution in [0.5, 0.6) is 5.75 Å². The molecule has 21 heavy (non-hydrogen) atoms. The van der Waals surface area contributed by atoms with Crippen LogP contribution in [-0.2, 0) is 0 Å². The van der Waals surface area contributed by atoms with Gasteiger partial charge in [0.05, 0.1) is 6.61 Å². The molecule has 0 saturated heterocycles. The molecule has 6 nitrogen and oxygen atoms in total. The number of rotatable bonds is 6. The highest BCUT2D eigenvalue weighted by Crippen LogP contribution is 2.15. The number of aromatic nitrogens is 2. The van der Waals surface area contributed by atoms with Crippen molar-refractivity contribution in [2.24, 2.45) is 0 Å². The van der Waals surface area contributed by atoms with Crippen LogP contribution in [0.3, 0.4) is 0 Å². The Labute approximate surface area is 120 Å². The van der Waals surface area contributed by atoms with Crippen molar-refractivity contribution in [2.75, 3.05) is 13.2 Å². The molecule has 0 aliphatic heterocycles. The molecule has 0 spiro atoms. The number of nitrogens with zero attached hydrogens (tertiary/aromatic N) is 1. The summed E-state index contributed by atoms with van der Waals surface area (Å²) in [4.78, 5) is 22.5. The third-order valence-electron chi connectivity index (χ3n) is 2.61. The molecule has 1 heterocycles. The van der Waals surface area contributed by atoms with Gasteiger partial charge in [-0.15, -0.1) is 0 Å². The van der Waals surface area contributed by atoms with Gasteiger partial charge in [0.25, 0.3) is 11.5 Å². The average Bonchev–Trinajstić information content (AvgIpc) is 2.49. The van der Waals surface area contributed by atoms with E-state index in [4.69, 9.17) is 4.74 Å². The first kappa shape index (κ1) is 14.7. The van der Waals surface area contributed by atoms with Crippen molar-refractivity contribution in [1.82, 2.24) is 15.5 Å². The summed E-state index contributed by atoms with van der Waals surface area (Å²) in [7, 11) is 0. The van der Waals surface area contributed by atoms with E-state index in [1.165, 1.54) is 24.3 Å². The van der Waals surface area contributed by atoms with Crippen LogP contribution in [0, 0.1) is 5.82 Å². The second-order valence-electron chi connectivity index (χ2n) is 4.19. The molecule has 1 aromatic heterocycles. The number of para-hydroxylation sites is 1. The summed E-state index contributed by atoms with van der Waals surface area (Å²) in [5.41, 5.74) is -0.241. The number of ether oxygens (including phenoxy) is 1. The maximum Gasteiger partial charge on any atom is 0.271 e. The number of H-pyrrole nitrogens is 1. The lowest BCUT2D eigenvalue weighted by molar-refractivity contribution is 0.0945. The zero-order valence-corrected chi connectivity index (χ0v) is 11.1. The number of benzene rings is 1. The predicted molar refractivity (Wildman–Crippen MR) is 73.7 cm³/mol. The second kappa shape index (κ2) is 7.18. The van der Waals surface area contributed by atoms with Gasteiger partial charge in [-0.1, -0.05) is 12.1 Å². The highest BCUT2D eigenvalue weighted by molar-refractivity contribution is 5.91. The molecule has 7 heteroatoms. The Kier molecular flexibility index (Phi) is 5.03. The summed E-state index contributed by atoms with van der Waals surface area (Å²) < 4.78 is 18.5. The summed E-state index contributed by atoms with van der Waals surface area (Å²) in [5, 5.41) is 8.41. The fourth-order valence-electron chi connectivity index (χ4n) is 1.58. The van der Waals surface area contributed by atoms with Crippen LogP contribution in [0.2, 0.25) is 0 Å². The number of hydrogen-bond donors (Lipinski definition) is 2. The lowest BCUT2D eigenvalue weighted by atomic mass is 10.3. The van der Waals surface area contributed by atoms with E-state index in [0.29, 0.717) is 13.0 Å². The Hall–Kier alpha value is -2.70. The van der Waals surface area contributed by atoms with Crippen molar-refractivity contribution >= 4 is 5.91 Å². The monoisotopic (exact) mass is 291 g/mol. The molecule has 0 unspecified atom stereocenters. The van der Waals surface area contributed by atoms with E-state index in [0.717, 1.165) is 0 Å². The Balaban J connectivity index is 1.70. The summed E-state index contributed by atoms with van der Waals surface area (Å²) in [6, 6.07) is 8.69. The Bertz CT molecular complexity index is 652. The maximum atomic E-state index is 13.2. The highest BCUT2D eigenvalue weighted by Gasteiger charge is 2.06.